The van der Waals surface area contributed by atoms with E-state index in [-0.39, 0.29) is 0 Å². The van der Waals surface area contributed by atoms with Crippen molar-refractivity contribution in [3.8, 4) is 11.5 Å². The van der Waals surface area contributed by atoms with Crippen molar-refractivity contribution in [2.45, 2.75) is 41.5 Å². The van der Waals surface area contributed by atoms with Crippen molar-refractivity contribution in [3.63, 3.8) is 0 Å². The minimum Gasteiger partial charge on any atom is -0.496 e. The average Bonchev–Trinajstić information content (AvgIpc) is 2.50. The predicted molar refractivity (Wildman–Crippen MR) is 89.2 cm³/mol. The van der Waals surface area contributed by atoms with Gasteiger partial charge in [0.05, 0.1) is 14.2 Å². The monoisotopic (exact) mass is 276 g/mol. The van der Waals surface area contributed by atoms with Gasteiger partial charge in [0, 0.05) is 0 Å². The minimum absolute atomic E-state index is 0.928. The molecule has 0 saturated heterocycles. The lowest BCUT2D eigenvalue weighted by atomic mass is 10.0. The quantitative estimate of drug-likeness (QED) is 0.718. The van der Waals surface area contributed by atoms with Gasteiger partial charge in [0.2, 0.25) is 0 Å². The fourth-order valence-electron chi connectivity index (χ4n) is 1.98. The van der Waals surface area contributed by atoms with E-state index in [1.807, 2.05) is 41.5 Å². The molecule has 112 valence electrons. The summed E-state index contributed by atoms with van der Waals surface area (Å²) in [4.78, 5) is 0. The molecule has 0 aliphatic rings. The summed E-state index contributed by atoms with van der Waals surface area (Å²) in [5.74, 6) is 1.86. The van der Waals surface area contributed by atoms with Crippen molar-refractivity contribution in [3.05, 3.63) is 35.4 Å². The lowest BCUT2D eigenvalue weighted by Gasteiger charge is -2.10. The topological polar surface area (TPSA) is 18.5 Å². The van der Waals surface area contributed by atoms with Gasteiger partial charge < -0.3 is 9.47 Å². The van der Waals surface area contributed by atoms with Gasteiger partial charge >= 0.3 is 0 Å². The molecule has 0 fully saturated rings. The summed E-state index contributed by atoms with van der Waals surface area (Å²) in [5, 5.41) is 2.36. The lowest BCUT2D eigenvalue weighted by molar-refractivity contribution is 0.411. The van der Waals surface area contributed by atoms with Gasteiger partial charge in [0.1, 0.15) is 11.5 Å². The molecule has 0 aliphatic heterocycles. The van der Waals surface area contributed by atoms with Gasteiger partial charge in [0.15, 0.2) is 0 Å². The number of hydrogen-bond acceptors (Lipinski definition) is 2. The molecular formula is C18H28O2. The maximum absolute atomic E-state index is 5.32. The second kappa shape index (κ2) is 9.24. The Hall–Kier alpha value is -1.70. The first-order valence-electron chi connectivity index (χ1n) is 7.28. The fraction of sp³-hybridized carbons (Fsp3) is 0.444. The highest BCUT2D eigenvalue weighted by Gasteiger charge is 2.05. The molecule has 0 heterocycles. The molecule has 0 unspecified atom stereocenters. The van der Waals surface area contributed by atoms with Crippen molar-refractivity contribution in [2.24, 2.45) is 0 Å². The van der Waals surface area contributed by atoms with Crippen LogP contribution in [0.25, 0.3) is 10.8 Å². The van der Waals surface area contributed by atoms with E-state index < -0.39 is 0 Å². The van der Waals surface area contributed by atoms with Crippen molar-refractivity contribution in [1.29, 1.82) is 0 Å². The molecule has 0 atom stereocenters. The number of ether oxygens (including phenoxy) is 2. The number of rotatable bonds is 2. The van der Waals surface area contributed by atoms with Gasteiger partial charge in [-0.2, -0.15) is 0 Å². The summed E-state index contributed by atoms with van der Waals surface area (Å²) in [6, 6.07) is 8.38. The first-order chi connectivity index (χ1) is 9.65. The SMILES string of the molecule is CC.CC.COc1cc2cc(C)c(OC)cc2cc1C. The molecule has 0 saturated carbocycles. The molecule has 2 nitrogen and oxygen atoms in total. The lowest BCUT2D eigenvalue weighted by Crippen LogP contribution is -1.90. The molecule has 20 heavy (non-hydrogen) atoms. The summed E-state index contributed by atoms with van der Waals surface area (Å²) >= 11 is 0. The van der Waals surface area contributed by atoms with Crippen LogP contribution in [0.5, 0.6) is 11.5 Å². The van der Waals surface area contributed by atoms with E-state index in [4.69, 9.17) is 9.47 Å². The van der Waals surface area contributed by atoms with E-state index in [0.29, 0.717) is 0 Å². The Kier molecular flexibility index (Phi) is 8.46. The Bertz CT molecular complexity index is 481. The van der Waals surface area contributed by atoms with Crippen molar-refractivity contribution in [2.75, 3.05) is 14.2 Å². The molecular weight excluding hydrogens is 248 g/mol. The Morgan fingerprint density at radius 3 is 1.15 bits per heavy atom. The van der Waals surface area contributed by atoms with Crippen LogP contribution in [0, 0.1) is 13.8 Å². The van der Waals surface area contributed by atoms with Gasteiger partial charge in [-0.25, -0.2) is 0 Å². The van der Waals surface area contributed by atoms with Crippen molar-refractivity contribution in [1.82, 2.24) is 0 Å². The average molecular weight is 276 g/mol. The van der Waals surface area contributed by atoms with E-state index in [1.54, 1.807) is 14.2 Å². The first-order valence-corrected chi connectivity index (χ1v) is 7.28. The Balaban J connectivity index is 0.000000829. The maximum atomic E-state index is 5.32. The standard InChI is InChI=1S/C14H16O2.2C2H6/c1-9-5-11-8-14(16-4)10(2)6-12(11)7-13(9)15-3;2*1-2/h5-8H,1-4H3;2*1-2H3. The van der Waals surface area contributed by atoms with Crippen LogP contribution in [0.15, 0.2) is 24.3 Å². The third kappa shape index (κ3) is 4.16. The second-order valence-corrected chi connectivity index (χ2v) is 3.99. The highest BCUT2D eigenvalue weighted by Crippen LogP contribution is 2.30. The Morgan fingerprint density at radius 2 is 0.900 bits per heavy atom. The molecule has 0 amide bonds. The zero-order chi connectivity index (χ0) is 15.7. The van der Waals surface area contributed by atoms with Crippen LogP contribution in [-0.4, -0.2) is 14.2 Å². The fourth-order valence-corrected chi connectivity index (χ4v) is 1.98. The van der Waals surface area contributed by atoms with E-state index in [2.05, 4.69) is 24.3 Å². The Morgan fingerprint density at radius 1 is 0.600 bits per heavy atom. The molecule has 2 rings (SSSR count). The number of hydrogen-bond donors (Lipinski definition) is 0. The third-order valence-electron chi connectivity index (χ3n) is 2.87. The molecule has 0 aliphatic carbocycles. The zero-order valence-electron chi connectivity index (χ0n) is 14.1. The second-order valence-electron chi connectivity index (χ2n) is 3.99. The van der Waals surface area contributed by atoms with Crippen LogP contribution in [0.4, 0.5) is 0 Å². The number of fused-ring (bicyclic) bond motifs is 1. The van der Waals surface area contributed by atoms with Crippen LogP contribution < -0.4 is 9.47 Å². The van der Waals surface area contributed by atoms with E-state index in [0.717, 1.165) is 22.6 Å². The van der Waals surface area contributed by atoms with Gasteiger partial charge in [0.25, 0.3) is 0 Å². The van der Waals surface area contributed by atoms with E-state index in [9.17, 15) is 0 Å². The highest BCUT2D eigenvalue weighted by molar-refractivity contribution is 5.87. The van der Waals surface area contributed by atoms with Crippen LogP contribution in [0.3, 0.4) is 0 Å². The molecule has 0 spiro atoms. The van der Waals surface area contributed by atoms with Gasteiger partial charge in [-0.1, -0.05) is 27.7 Å². The summed E-state index contributed by atoms with van der Waals surface area (Å²) in [6.07, 6.45) is 0. The molecule has 0 N–H and O–H groups in total. The van der Waals surface area contributed by atoms with Gasteiger partial charge in [-0.05, 0) is 60.0 Å². The third-order valence-corrected chi connectivity index (χ3v) is 2.87. The molecule has 2 aromatic rings. The van der Waals surface area contributed by atoms with E-state index in [1.165, 1.54) is 10.8 Å². The zero-order valence-corrected chi connectivity index (χ0v) is 14.1. The predicted octanol–water partition coefficient (Wildman–Crippen LogP) is 5.53. The normalized spacial score (nSPS) is 9.00. The molecule has 0 aromatic heterocycles. The van der Waals surface area contributed by atoms with Crippen LogP contribution >= 0.6 is 0 Å². The maximum Gasteiger partial charge on any atom is 0.122 e. The van der Waals surface area contributed by atoms with Crippen LogP contribution in [-0.2, 0) is 0 Å². The summed E-state index contributed by atoms with van der Waals surface area (Å²) in [7, 11) is 3.40. The number of benzene rings is 2. The van der Waals surface area contributed by atoms with Crippen molar-refractivity contribution >= 4 is 10.8 Å². The highest BCUT2D eigenvalue weighted by atomic mass is 16.5. The molecule has 2 aromatic carbocycles. The molecule has 2 heteroatoms. The van der Waals surface area contributed by atoms with E-state index >= 15 is 0 Å². The minimum atomic E-state index is 0.928. The number of methoxy groups -OCH3 is 2. The van der Waals surface area contributed by atoms with Crippen LogP contribution in [0.1, 0.15) is 38.8 Å². The summed E-state index contributed by atoms with van der Waals surface area (Å²) in [6.45, 7) is 12.1. The smallest absolute Gasteiger partial charge is 0.122 e. The summed E-state index contributed by atoms with van der Waals surface area (Å²) in [5.41, 5.74) is 2.28. The largest absolute Gasteiger partial charge is 0.496 e. The van der Waals surface area contributed by atoms with Crippen molar-refractivity contribution < 1.29 is 9.47 Å². The van der Waals surface area contributed by atoms with Gasteiger partial charge in [-0.3, -0.25) is 0 Å². The van der Waals surface area contributed by atoms with Crippen LogP contribution in [0.2, 0.25) is 0 Å². The molecule has 0 bridgehead atoms. The van der Waals surface area contributed by atoms with Gasteiger partial charge in [-0.15, -0.1) is 0 Å². The molecule has 0 radical (unpaired) electrons. The number of aryl methyl sites for hydroxylation is 2. The first kappa shape index (κ1) is 18.3. The Labute approximate surface area is 123 Å². The summed E-state index contributed by atoms with van der Waals surface area (Å²) < 4.78 is 10.6.